The molecule has 3 N–H and O–H groups in total. The molecule has 1 fully saturated rings. The van der Waals surface area contributed by atoms with E-state index in [2.05, 4.69) is 5.32 Å². The number of sulfonamides is 1. The van der Waals surface area contributed by atoms with Crippen LogP contribution in [0.2, 0.25) is 0 Å². The van der Waals surface area contributed by atoms with Crippen molar-refractivity contribution < 1.29 is 62.9 Å². The summed E-state index contributed by atoms with van der Waals surface area (Å²) in [5.74, 6) is -5.25. The number of aryl methyl sites for hydroxylation is 1. The summed E-state index contributed by atoms with van der Waals surface area (Å²) >= 11 is 0. The van der Waals surface area contributed by atoms with Crippen molar-refractivity contribution in [3.05, 3.63) is 59.4 Å². The lowest BCUT2D eigenvalue weighted by Crippen LogP contribution is -2.55. The lowest BCUT2D eigenvalue weighted by Gasteiger charge is -2.39. The molecule has 3 atom stereocenters. The maximum absolute atomic E-state index is 13.9. The van der Waals surface area contributed by atoms with E-state index in [1.165, 1.54) is 0 Å². The Morgan fingerprint density at radius 1 is 1.00 bits per heavy atom. The number of carbonyl (C=O) groups excluding carboxylic acids is 1. The second kappa shape index (κ2) is 11.1. The summed E-state index contributed by atoms with van der Waals surface area (Å²) in [4.78, 5) is 12.4. The van der Waals surface area contributed by atoms with Gasteiger partial charge < -0.3 is 15.5 Å². The number of hydrogen-bond donors (Lipinski definition) is 3. The van der Waals surface area contributed by atoms with Gasteiger partial charge in [-0.15, -0.1) is 0 Å². The maximum Gasteiger partial charge on any atom is 0.430 e. The Bertz CT molecular complexity index is 1450. The van der Waals surface area contributed by atoms with Crippen molar-refractivity contribution in [2.75, 3.05) is 4.31 Å². The van der Waals surface area contributed by atoms with E-state index in [0.717, 1.165) is 24.3 Å². The first-order valence-corrected chi connectivity index (χ1v) is 14.3. The number of carbonyl (C=O) groups is 1. The molecule has 2 aliphatic rings. The zero-order chi connectivity index (χ0) is 32.2. The molecule has 0 unspecified atom stereocenters. The van der Waals surface area contributed by atoms with Crippen LogP contribution in [0.25, 0.3) is 0 Å². The van der Waals surface area contributed by atoms with Crippen LogP contribution in [0.4, 0.5) is 45.2 Å². The number of fused-ring (bicyclic) bond motifs is 1. The number of nitrogens with one attached hydrogen (secondary N) is 1. The van der Waals surface area contributed by atoms with Crippen molar-refractivity contribution in [2.45, 2.75) is 85.5 Å². The first kappa shape index (κ1) is 32.9. The van der Waals surface area contributed by atoms with E-state index in [1.807, 2.05) is 0 Å². The Hall–Kier alpha value is -3.05. The van der Waals surface area contributed by atoms with Crippen molar-refractivity contribution in [3.63, 3.8) is 0 Å². The Kier molecular flexibility index (Phi) is 8.51. The molecule has 4 rings (SSSR count). The monoisotopic (exact) mass is 648 g/mol. The molecule has 1 amide bonds. The lowest BCUT2D eigenvalue weighted by molar-refractivity contribution is -0.376. The maximum atomic E-state index is 13.9. The summed E-state index contributed by atoms with van der Waals surface area (Å²) < 4.78 is 150. The number of nitrogens with zero attached hydrogens (tertiary/aromatic N) is 1. The van der Waals surface area contributed by atoms with Gasteiger partial charge in [-0.3, -0.25) is 9.10 Å². The minimum absolute atomic E-state index is 0.00230. The zero-order valence-corrected chi connectivity index (χ0v) is 22.7. The van der Waals surface area contributed by atoms with Crippen molar-refractivity contribution >= 4 is 21.6 Å². The van der Waals surface area contributed by atoms with Gasteiger partial charge in [0.1, 0.15) is 11.9 Å². The fourth-order valence-electron chi connectivity index (χ4n) is 5.37. The second-order valence-corrected chi connectivity index (χ2v) is 12.3. The predicted octanol–water partition coefficient (Wildman–Crippen LogP) is 4.70. The first-order chi connectivity index (χ1) is 19.7. The third-order valence-corrected chi connectivity index (χ3v) is 9.49. The van der Waals surface area contributed by atoms with Crippen LogP contribution in [0.3, 0.4) is 0 Å². The van der Waals surface area contributed by atoms with Gasteiger partial charge >= 0.3 is 12.4 Å². The number of halogens is 9. The smallest absolute Gasteiger partial charge is 0.385 e. The second-order valence-electron chi connectivity index (χ2n) is 10.5. The summed E-state index contributed by atoms with van der Waals surface area (Å²) in [5, 5.41) is 22.0. The van der Waals surface area contributed by atoms with Crippen LogP contribution in [0.1, 0.15) is 43.2 Å². The summed E-state index contributed by atoms with van der Waals surface area (Å²) in [7, 11) is -4.74. The highest BCUT2D eigenvalue weighted by molar-refractivity contribution is 7.92. The largest absolute Gasteiger partial charge is 0.430 e. The van der Waals surface area contributed by atoms with E-state index in [-0.39, 0.29) is 37.3 Å². The fourth-order valence-corrected chi connectivity index (χ4v) is 7.09. The highest BCUT2D eigenvalue weighted by Gasteiger charge is 2.71. The number of aliphatic hydroxyl groups excluding tert-OH is 1. The third kappa shape index (κ3) is 6.02. The molecule has 1 aliphatic carbocycles. The van der Waals surface area contributed by atoms with Crippen LogP contribution in [0.15, 0.2) is 47.4 Å². The van der Waals surface area contributed by atoms with Gasteiger partial charge in [-0.05, 0) is 61.6 Å². The minimum Gasteiger partial charge on any atom is -0.385 e. The van der Waals surface area contributed by atoms with Gasteiger partial charge in [-0.2, -0.15) is 26.3 Å². The molecule has 43 heavy (non-hydrogen) atoms. The SMILES string of the molecule is O=C(C[C@@H]1CCc2cc(C(O)(C(F)(F)F)C(F)(F)F)ccc2N1S(=O)(=O)c1ccc(F)cc1)N[C@@H]1CCCC(F)(F)[C@H]1O. The minimum atomic E-state index is -6.20. The average molecular weight is 649 g/mol. The van der Waals surface area contributed by atoms with E-state index in [1.54, 1.807) is 0 Å². The molecule has 17 heteroatoms. The highest BCUT2D eigenvalue weighted by atomic mass is 32.2. The van der Waals surface area contributed by atoms with E-state index in [4.69, 9.17) is 0 Å². The standard InChI is InChI=1S/C26H25F9N2O5S/c27-16-5-8-18(9-6-16)43(41,42)37-17(13-21(38)36-19-2-1-11-23(28,29)22(19)39)7-3-14-12-15(4-10-20(14)37)24(40,25(30,31)32)26(33,34)35/h4-6,8-10,12,17,19,22,39-40H,1-3,7,11,13H2,(H,36,38)/t17-,19+,22-/m0/s1. The van der Waals surface area contributed by atoms with Gasteiger partial charge in [0.25, 0.3) is 21.5 Å². The number of amides is 1. The average Bonchev–Trinajstić information content (AvgIpc) is 2.89. The van der Waals surface area contributed by atoms with Gasteiger partial charge in [-0.25, -0.2) is 21.6 Å². The number of anilines is 1. The Balaban J connectivity index is 1.74. The molecule has 2 aromatic rings. The molecule has 1 saturated carbocycles. The van der Waals surface area contributed by atoms with Crippen LogP contribution in [0.5, 0.6) is 0 Å². The normalized spacial score (nSPS) is 23.0. The van der Waals surface area contributed by atoms with Gasteiger partial charge in [-0.1, -0.05) is 12.1 Å². The third-order valence-electron chi connectivity index (χ3n) is 7.61. The highest BCUT2D eigenvalue weighted by Crippen LogP contribution is 2.51. The first-order valence-electron chi connectivity index (χ1n) is 12.8. The van der Waals surface area contributed by atoms with Crippen LogP contribution < -0.4 is 9.62 Å². The summed E-state index contributed by atoms with van der Waals surface area (Å²) in [6, 6.07) is 1.88. The Morgan fingerprint density at radius 2 is 1.60 bits per heavy atom. The molecular formula is C26H25F9N2O5S. The van der Waals surface area contributed by atoms with E-state index < -0.39 is 92.8 Å². The van der Waals surface area contributed by atoms with Crippen LogP contribution in [-0.2, 0) is 26.8 Å². The molecule has 0 spiro atoms. The topological polar surface area (TPSA) is 107 Å². The quantitative estimate of drug-likeness (QED) is 0.394. The molecule has 2 aromatic carbocycles. The molecule has 1 aliphatic heterocycles. The molecule has 7 nitrogen and oxygen atoms in total. The summed E-state index contributed by atoms with van der Waals surface area (Å²) in [6.07, 6.45) is -16.6. The number of hydrogen-bond acceptors (Lipinski definition) is 5. The molecule has 1 heterocycles. The predicted molar refractivity (Wildman–Crippen MR) is 132 cm³/mol. The lowest BCUT2D eigenvalue weighted by atomic mass is 9.87. The molecule has 0 aromatic heterocycles. The van der Waals surface area contributed by atoms with E-state index >= 15 is 0 Å². The van der Waals surface area contributed by atoms with Gasteiger partial charge in [0.2, 0.25) is 5.91 Å². The molecule has 238 valence electrons. The number of alkyl halides is 8. The van der Waals surface area contributed by atoms with E-state index in [0.29, 0.717) is 16.4 Å². The zero-order valence-electron chi connectivity index (χ0n) is 21.9. The van der Waals surface area contributed by atoms with Crippen LogP contribution >= 0.6 is 0 Å². The number of rotatable bonds is 6. The van der Waals surface area contributed by atoms with E-state index in [9.17, 15) is 62.9 Å². The van der Waals surface area contributed by atoms with Crippen molar-refractivity contribution in [1.82, 2.24) is 5.32 Å². The van der Waals surface area contributed by atoms with Gasteiger partial charge in [0, 0.05) is 18.4 Å². The molecule has 0 bridgehead atoms. The Morgan fingerprint density at radius 3 is 2.19 bits per heavy atom. The molecular weight excluding hydrogens is 623 g/mol. The van der Waals surface area contributed by atoms with Crippen LogP contribution in [-0.4, -0.2) is 61.0 Å². The fraction of sp³-hybridized carbons (Fsp3) is 0.500. The molecule has 0 saturated heterocycles. The van der Waals surface area contributed by atoms with Gasteiger partial charge in [0.05, 0.1) is 22.7 Å². The number of benzene rings is 2. The van der Waals surface area contributed by atoms with Gasteiger partial charge in [0.15, 0.2) is 0 Å². The summed E-state index contributed by atoms with van der Waals surface area (Å²) in [6.45, 7) is 0. The molecule has 0 radical (unpaired) electrons. The number of aliphatic hydroxyl groups is 2. The summed E-state index contributed by atoms with van der Waals surface area (Å²) in [5.41, 5.74) is -7.65. The van der Waals surface area contributed by atoms with Crippen molar-refractivity contribution in [3.8, 4) is 0 Å². The van der Waals surface area contributed by atoms with Crippen molar-refractivity contribution in [1.29, 1.82) is 0 Å². The van der Waals surface area contributed by atoms with Crippen LogP contribution in [0, 0.1) is 5.82 Å². The van der Waals surface area contributed by atoms with Crippen molar-refractivity contribution in [2.24, 2.45) is 0 Å². The Labute approximate surface area is 239 Å².